The summed E-state index contributed by atoms with van der Waals surface area (Å²) < 4.78 is 0. The highest BCUT2D eigenvalue weighted by molar-refractivity contribution is 5.75. The Hall–Kier alpha value is -0.570. The number of carbonyl (C=O) groups excluding carboxylic acids is 1. The van der Waals surface area contributed by atoms with E-state index in [4.69, 9.17) is 0 Å². The van der Waals surface area contributed by atoms with E-state index >= 15 is 0 Å². The van der Waals surface area contributed by atoms with Crippen LogP contribution in [0.25, 0.3) is 0 Å². The zero-order chi connectivity index (χ0) is 14.5. The van der Waals surface area contributed by atoms with Gasteiger partial charge in [-0.25, -0.2) is 0 Å². The summed E-state index contributed by atoms with van der Waals surface area (Å²) in [4.78, 5) is 13.8. The minimum atomic E-state index is 0.199. The zero-order valence-electron chi connectivity index (χ0n) is 13.5. The van der Waals surface area contributed by atoms with Gasteiger partial charge in [0.25, 0.3) is 0 Å². The predicted octanol–water partition coefficient (Wildman–Crippen LogP) is 3.44. The Morgan fingerprint density at radius 1 is 1.11 bits per heavy atom. The van der Waals surface area contributed by atoms with Gasteiger partial charge in [-0.05, 0) is 32.4 Å². The van der Waals surface area contributed by atoms with E-state index in [2.05, 4.69) is 38.0 Å². The molecule has 0 aromatic heterocycles. The van der Waals surface area contributed by atoms with Crippen molar-refractivity contribution in [1.82, 2.24) is 10.2 Å². The summed E-state index contributed by atoms with van der Waals surface area (Å²) in [6, 6.07) is 0. The second-order valence-corrected chi connectivity index (χ2v) is 6.00. The number of rotatable bonds is 12. The van der Waals surface area contributed by atoms with Gasteiger partial charge >= 0.3 is 0 Å². The van der Waals surface area contributed by atoms with Crippen LogP contribution in [0.1, 0.15) is 65.7 Å². The molecule has 114 valence electrons. The number of hydrogen-bond donors (Lipinski definition) is 1. The molecule has 0 radical (unpaired) electrons. The van der Waals surface area contributed by atoms with E-state index in [0.29, 0.717) is 12.3 Å². The van der Waals surface area contributed by atoms with E-state index in [1.54, 1.807) is 0 Å². The molecule has 1 N–H and O–H groups in total. The Bertz CT molecular complexity index is 217. The molecule has 0 saturated heterocycles. The maximum absolute atomic E-state index is 11.5. The average Bonchev–Trinajstić information content (AvgIpc) is 2.36. The summed E-state index contributed by atoms with van der Waals surface area (Å²) in [7, 11) is 2.14. The van der Waals surface area contributed by atoms with Crippen molar-refractivity contribution in [2.45, 2.75) is 65.7 Å². The number of hydrogen-bond acceptors (Lipinski definition) is 2. The Balaban J connectivity index is 3.37. The lowest BCUT2D eigenvalue weighted by Gasteiger charge is -2.16. The standard InChI is InChI=1S/C16H34N2O/c1-5-6-7-8-9-13-18(4)14-12-17-16(19)11-10-15(2)3/h15H,5-14H2,1-4H3,(H,17,19). The lowest BCUT2D eigenvalue weighted by molar-refractivity contribution is -0.121. The number of likely N-dealkylation sites (N-methyl/N-ethyl adjacent to an activating group) is 1. The van der Waals surface area contributed by atoms with Crippen molar-refractivity contribution in [1.29, 1.82) is 0 Å². The minimum Gasteiger partial charge on any atom is -0.355 e. The van der Waals surface area contributed by atoms with Crippen LogP contribution in [0.5, 0.6) is 0 Å². The van der Waals surface area contributed by atoms with E-state index in [-0.39, 0.29) is 5.91 Å². The van der Waals surface area contributed by atoms with E-state index in [0.717, 1.165) is 26.1 Å². The van der Waals surface area contributed by atoms with Crippen LogP contribution in [-0.2, 0) is 4.79 Å². The Labute approximate surface area is 120 Å². The van der Waals surface area contributed by atoms with Crippen LogP contribution < -0.4 is 5.32 Å². The number of unbranched alkanes of at least 4 members (excludes halogenated alkanes) is 4. The molecule has 0 aliphatic rings. The smallest absolute Gasteiger partial charge is 0.220 e. The fourth-order valence-corrected chi connectivity index (χ4v) is 1.99. The number of nitrogens with zero attached hydrogens (tertiary/aromatic N) is 1. The van der Waals surface area contributed by atoms with Gasteiger partial charge in [-0.3, -0.25) is 4.79 Å². The summed E-state index contributed by atoms with van der Waals surface area (Å²) >= 11 is 0. The second kappa shape index (κ2) is 12.5. The predicted molar refractivity (Wildman–Crippen MR) is 83.3 cm³/mol. The molecule has 0 saturated carbocycles. The lowest BCUT2D eigenvalue weighted by Crippen LogP contribution is -2.33. The molecule has 3 heteroatoms. The van der Waals surface area contributed by atoms with Crippen LogP contribution in [0.3, 0.4) is 0 Å². The molecule has 0 fully saturated rings. The van der Waals surface area contributed by atoms with E-state index in [1.165, 1.54) is 32.1 Å². The highest BCUT2D eigenvalue weighted by Crippen LogP contribution is 2.03. The third-order valence-electron chi connectivity index (χ3n) is 3.41. The van der Waals surface area contributed by atoms with Crippen molar-refractivity contribution in [3.63, 3.8) is 0 Å². The highest BCUT2D eigenvalue weighted by Gasteiger charge is 2.03. The second-order valence-electron chi connectivity index (χ2n) is 6.00. The van der Waals surface area contributed by atoms with Gasteiger partial charge in [0, 0.05) is 19.5 Å². The van der Waals surface area contributed by atoms with Gasteiger partial charge in [0.15, 0.2) is 0 Å². The molecule has 0 heterocycles. The average molecular weight is 270 g/mol. The molecule has 3 nitrogen and oxygen atoms in total. The largest absolute Gasteiger partial charge is 0.355 e. The summed E-state index contributed by atoms with van der Waals surface area (Å²) in [6.45, 7) is 9.43. The van der Waals surface area contributed by atoms with Crippen molar-refractivity contribution >= 4 is 5.91 Å². The first-order chi connectivity index (χ1) is 9.06. The van der Waals surface area contributed by atoms with Crippen molar-refractivity contribution in [3.05, 3.63) is 0 Å². The van der Waals surface area contributed by atoms with Gasteiger partial charge in [-0.2, -0.15) is 0 Å². The fourth-order valence-electron chi connectivity index (χ4n) is 1.99. The lowest BCUT2D eigenvalue weighted by atomic mass is 10.1. The first kappa shape index (κ1) is 18.4. The molecular weight excluding hydrogens is 236 g/mol. The van der Waals surface area contributed by atoms with E-state index in [1.807, 2.05) is 0 Å². The maximum atomic E-state index is 11.5. The van der Waals surface area contributed by atoms with Crippen molar-refractivity contribution < 1.29 is 4.79 Å². The van der Waals surface area contributed by atoms with Crippen LogP contribution in [0.2, 0.25) is 0 Å². The van der Waals surface area contributed by atoms with Gasteiger partial charge in [-0.1, -0.05) is 46.5 Å². The molecule has 0 aliphatic carbocycles. The highest BCUT2D eigenvalue weighted by atomic mass is 16.1. The zero-order valence-corrected chi connectivity index (χ0v) is 13.5. The minimum absolute atomic E-state index is 0.199. The molecule has 0 aliphatic heterocycles. The van der Waals surface area contributed by atoms with Crippen LogP contribution in [0.4, 0.5) is 0 Å². The van der Waals surface area contributed by atoms with Gasteiger partial charge in [-0.15, -0.1) is 0 Å². The van der Waals surface area contributed by atoms with Crippen LogP contribution in [-0.4, -0.2) is 37.5 Å². The molecule has 1 amide bonds. The van der Waals surface area contributed by atoms with Gasteiger partial charge in [0.05, 0.1) is 0 Å². The molecule has 0 unspecified atom stereocenters. The summed E-state index contributed by atoms with van der Waals surface area (Å²) in [6.07, 6.45) is 8.28. The Kier molecular flexibility index (Phi) is 12.1. The van der Waals surface area contributed by atoms with Crippen LogP contribution in [0, 0.1) is 5.92 Å². The van der Waals surface area contributed by atoms with E-state index in [9.17, 15) is 4.79 Å². The topological polar surface area (TPSA) is 32.3 Å². The first-order valence-corrected chi connectivity index (χ1v) is 8.01. The summed E-state index contributed by atoms with van der Waals surface area (Å²) in [5.74, 6) is 0.807. The van der Waals surface area contributed by atoms with Crippen LogP contribution >= 0.6 is 0 Å². The van der Waals surface area contributed by atoms with Crippen molar-refractivity contribution in [3.8, 4) is 0 Å². The third-order valence-corrected chi connectivity index (χ3v) is 3.41. The summed E-state index contributed by atoms with van der Waals surface area (Å²) in [5, 5.41) is 3.00. The van der Waals surface area contributed by atoms with Gasteiger partial charge in [0.2, 0.25) is 5.91 Å². The normalized spacial score (nSPS) is 11.3. The molecule has 19 heavy (non-hydrogen) atoms. The number of amides is 1. The van der Waals surface area contributed by atoms with Crippen molar-refractivity contribution in [2.75, 3.05) is 26.7 Å². The summed E-state index contributed by atoms with van der Waals surface area (Å²) in [5.41, 5.74) is 0. The maximum Gasteiger partial charge on any atom is 0.220 e. The molecule has 0 aromatic carbocycles. The Morgan fingerprint density at radius 2 is 1.79 bits per heavy atom. The number of carbonyl (C=O) groups is 1. The molecule has 0 aromatic rings. The van der Waals surface area contributed by atoms with E-state index < -0.39 is 0 Å². The quantitative estimate of drug-likeness (QED) is 0.551. The Morgan fingerprint density at radius 3 is 2.42 bits per heavy atom. The monoisotopic (exact) mass is 270 g/mol. The molecule has 0 rings (SSSR count). The van der Waals surface area contributed by atoms with Crippen LogP contribution in [0.15, 0.2) is 0 Å². The third kappa shape index (κ3) is 13.7. The van der Waals surface area contributed by atoms with Gasteiger partial charge in [0.1, 0.15) is 0 Å². The molecular formula is C16H34N2O. The molecule has 0 spiro atoms. The number of nitrogens with one attached hydrogen (secondary N) is 1. The first-order valence-electron chi connectivity index (χ1n) is 8.01. The molecule has 0 atom stereocenters. The van der Waals surface area contributed by atoms with Gasteiger partial charge < -0.3 is 10.2 Å². The SMILES string of the molecule is CCCCCCCN(C)CCNC(=O)CCC(C)C. The molecule has 0 bridgehead atoms. The van der Waals surface area contributed by atoms with Crippen molar-refractivity contribution in [2.24, 2.45) is 5.92 Å². The fraction of sp³-hybridized carbons (Fsp3) is 0.938.